The largest absolute Gasteiger partial charge is 0.465 e. The third kappa shape index (κ3) is 3.03. The SMILES string of the molecule is CCOC(=O)CNc1nc(-c2ccncc2)nc2c1c(C)nn2C. The second-order valence-corrected chi connectivity index (χ2v) is 5.20. The Morgan fingerprint density at radius 2 is 2.04 bits per heavy atom. The molecule has 124 valence electrons. The van der Waals surface area contributed by atoms with Crippen molar-refractivity contribution in [2.45, 2.75) is 13.8 Å². The summed E-state index contributed by atoms with van der Waals surface area (Å²) in [4.78, 5) is 24.8. The van der Waals surface area contributed by atoms with Gasteiger partial charge in [0.1, 0.15) is 12.4 Å². The molecule has 0 aliphatic carbocycles. The highest BCUT2D eigenvalue weighted by molar-refractivity contribution is 5.92. The second kappa shape index (κ2) is 6.61. The van der Waals surface area contributed by atoms with Crippen molar-refractivity contribution in [1.29, 1.82) is 0 Å². The number of aryl methyl sites for hydroxylation is 2. The van der Waals surface area contributed by atoms with E-state index in [2.05, 4.69) is 25.4 Å². The standard InChI is InChI=1S/C16H18N6O2/c1-4-24-12(23)9-18-15-13-10(2)21-22(3)16(13)20-14(19-15)11-5-7-17-8-6-11/h5-8H,4,9H2,1-3H3,(H,18,19,20). The Hall–Kier alpha value is -3.03. The molecule has 0 atom stereocenters. The summed E-state index contributed by atoms with van der Waals surface area (Å²) in [5, 5.41) is 8.23. The van der Waals surface area contributed by atoms with Gasteiger partial charge in [-0.05, 0) is 26.0 Å². The first-order valence-electron chi connectivity index (χ1n) is 7.61. The molecule has 3 aromatic heterocycles. The first-order valence-corrected chi connectivity index (χ1v) is 7.61. The third-order valence-corrected chi connectivity index (χ3v) is 3.50. The number of esters is 1. The number of rotatable bonds is 5. The normalized spacial score (nSPS) is 10.8. The lowest BCUT2D eigenvalue weighted by molar-refractivity contribution is -0.140. The number of nitrogens with zero attached hydrogens (tertiary/aromatic N) is 5. The lowest BCUT2D eigenvalue weighted by atomic mass is 10.2. The van der Waals surface area contributed by atoms with E-state index < -0.39 is 0 Å². The Kier molecular flexibility index (Phi) is 4.37. The second-order valence-electron chi connectivity index (χ2n) is 5.20. The van der Waals surface area contributed by atoms with Gasteiger partial charge in [0.05, 0.1) is 17.7 Å². The van der Waals surface area contributed by atoms with Gasteiger partial charge in [-0.15, -0.1) is 0 Å². The molecule has 24 heavy (non-hydrogen) atoms. The van der Waals surface area contributed by atoms with E-state index in [1.54, 1.807) is 24.0 Å². The van der Waals surface area contributed by atoms with Crippen LogP contribution in [0.5, 0.6) is 0 Å². The fourth-order valence-corrected chi connectivity index (χ4v) is 2.46. The van der Waals surface area contributed by atoms with Crippen LogP contribution in [-0.4, -0.2) is 43.9 Å². The van der Waals surface area contributed by atoms with Crippen molar-refractivity contribution < 1.29 is 9.53 Å². The molecular formula is C16H18N6O2. The molecule has 1 N–H and O–H groups in total. The minimum Gasteiger partial charge on any atom is -0.465 e. The van der Waals surface area contributed by atoms with Gasteiger partial charge >= 0.3 is 5.97 Å². The van der Waals surface area contributed by atoms with Gasteiger partial charge in [0.25, 0.3) is 0 Å². The molecule has 0 aromatic carbocycles. The van der Waals surface area contributed by atoms with E-state index in [1.807, 2.05) is 26.1 Å². The summed E-state index contributed by atoms with van der Waals surface area (Å²) < 4.78 is 6.65. The molecule has 0 aliphatic heterocycles. The Morgan fingerprint density at radius 3 is 2.75 bits per heavy atom. The van der Waals surface area contributed by atoms with Crippen LogP contribution in [-0.2, 0) is 16.6 Å². The maximum atomic E-state index is 11.6. The molecular weight excluding hydrogens is 308 g/mol. The van der Waals surface area contributed by atoms with Crippen LogP contribution in [0.25, 0.3) is 22.4 Å². The van der Waals surface area contributed by atoms with Gasteiger partial charge in [-0.25, -0.2) is 9.97 Å². The molecule has 0 saturated heterocycles. The number of aromatic nitrogens is 5. The fraction of sp³-hybridized carbons (Fsp3) is 0.312. The van der Waals surface area contributed by atoms with Crippen LogP contribution >= 0.6 is 0 Å². The number of fused-ring (bicyclic) bond motifs is 1. The number of hydrogen-bond donors (Lipinski definition) is 1. The van der Waals surface area contributed by atoms with E-state index in [9.17, 15) is 4.79 Å². The monoisotopic (exact) mass is 326 g/mol. The van der Waals surface area contributed by atoms with E-state index in [0.717, 1.165) is 16.6 Å². The van der Waals surface area contributed by atoms with Gasteiger partial charge < -0.3 is 10.1 Å². The van der Waals surface area contributed by atoms with Crippen molar-refractivity contribution in [2.75, 3.05) is 18.5 Å². The molecule has 0 spiro atoms. The fourth-order valence-electron chi connectivity index (χ4n) is 2.46. The number of hydrogen-bond acceptors (Lipinski definition) is 7. The molecule has 0 amide bonds. The maximum Gasteiger partial charge on any atom is 0.325 e. The van der Waals surface area contributed by atoms with Crippen LogP contribution in [0.4, 0.5) is 5.82 Å². The van der Waals surface area contributed by atoms with E-state index in [1.165, 1.54) is 0 Å². The Labute approximate surface area is 138 Å². The minimum atomic E-state index is -0.337. The maximum absolute atomic E-state index is 11.6. The van der Waals surface area contributed by atoms with Gasteiger partial charge in [0.2, 0.25) is 0 Å². The van der Waals surface area contributed by atoms with E-state index in [4.69, 9.17) is 4.74 Å². The molecule has 0 fully saturated rings. The zero-order valence-corrected chi connectivity index (χ0v) is 13.8. The predicted octanol–water partition coefficient (Wildman–Crippen LogP) is 1.71. The summed E-state index contributed by atoms with van der Waals surface area (Å²) in [5.74, 6) is 0.765. The highest BCUT2D eigenvalue weighted by atomic mass is 16.5. The van der Waals surface area contributed by atoms with Crippen molar-refractivity contribution in [3.8, 4) is 11.4 Å². The summed E-state index contributed by atoms with van der Waals surface area (Å²) in [6.45, 7) is 4.03. The Bertz CT molecular complexity index is 875. The number of ether oxygens (including phenoxy) is 1. The lowest BCUT2D eigenvalue weighted by Crippen LogP contribution is -2.17. The van der Waals surface area contributed by atoms with E-state index >= 15 is 0 Å². The van der Waals surface area contributed by atoms with Gasteiger partial charge in [-0.3, -0.25) is 14.5 Å². The topological polar surface area (TPSA) is 94.8 Å². The highest BCUT2D eigenvalue weighted by Crippen LogP contribution is 2.26. The predicted molar refractivity (Wildman–Crippen MR) is 89.4 cm³/mol. The molecule has 0 bridgehead atoms. The van der Waals surface area contributed by atoms with Crippen molar-refractivity contribution in [1.82, 2.24) is 24.7 Å². The van der Waals surface area contributed by atoms with Crippen LogP contribution < -0.4 is 5.32 Å². The molecule has 0 aliphatic rings. The lowest BCUT2D eigenvalue weighted by Gasteiger charge is -2.09. The number of nitrogens with one attached hydrogen (secondary N) is 1. The zero-order chi connectivity index (χ0) is 17.1. The number of carbonyl (C=O) groups is 1. The number of anilines is 1. The smallest absolute Gasteiger partial charge is 0.325 e. The molecule has 0 radical (unpaired) electrons. The molecule has 3 rings (SSSR count). The quantitative estimate of drug-likeness (QED) is 0.713. The molecule has 0 unspecified atom stereocenters. The summed E-state index contributed by atoms with van der Waals surface area (Å²) in [6, 6.07) is 3.67. The van der Waals surface area contributed by atoms with Crippen LogP contribution in [0, 0.1) is 6.92 Å². The minimum absolute atomic E-state index is 0.0318. The van der Waals surface area contributed by atoms with Gasteiger partial charge in [-0.2, -0.15) is 5.10 Å². The summed E-state index contributed by atoms with van der Waals surface area (Å²) in [6.07, 6.45) is 3.37. The van der Waals surface area contributed by atoms with Crippen molar-refractivity contribution in [3.05, 3.63) is 30.2 Å². The summed E-state index contributed by atoms with van der Waals surface area (Å²) in [5.41, 5.74) is 2.32. The average Bonchev–Trinajstić information content (AvgIpc) is 2.88. The van der Waals surface area contributed by atoms with Gasteiger partial charge in [-0.1, -0.05) is 0 Å². The van der Waals surface area contributed by atoms with Gasteiger partial charge in [0, 0.05) is 25.0 Å². The van der Waals surface area contributed by atoms with E-state index in [-0.39, 0.29) is 12.5 Å². The zero-order valence-electron chi connectivity index (χ0n) is 13.8. The molecule has 8 heteroatoms. The van der Waals surface area contributed by atoms with Crippen LogP contribution in [0.2, 0.25) is 0 Å². The van der Waals surface area contributed by atoms with Crippen LogP contribution in [0.15, 0.2) is 24.5 Å². The Morgan fingerprint density at radius 1 is 1.29 bits per heavy atom. The van der Waals surface area contributed by atoms with Crippen LogP contribution in [0.1, 0.15) is 12.6 Å². The van der Waals surface area contributed by atoms with Crippen molar-refractivity contribution in [2.24, 2.45) is 7.05 Å². The van der Waals surface area contributed by atoms with Crippen molar-refractivity contribution >= 4 is 22.8 Å². The van der Waals surface area contributed by atoms with Crippen molar-refractivity contribution in [3.63, 3.8) is 0 Å². The molecule has 0 saturated carbocycles. The molecule has 8 nitrogen and oxygen atoms in total. The number of pyridine rings is 1. The number of carbonyl (C=O) groups excluding carboxylic acids is 1. The molecule has 3 aromatic rings. The van der Waals surface area contributed by atoms with Gasteiger partial charge in [0.15, 0.2) is 11.5 Å². The summed E-state index contributed by atoms with van der Waals surface area (Å²) in [7, 11) is 1.83. The first-order chi connectivity index (χ1) is 11.6. The van der Waals surface area contributed by atoms with E-state index in [0.29, 0.717) is 23.9 Å². The third-order valence-electron chi connectivity index (χ3n) is 3.50. The van der Waals surface area contributed by atoms with Crippen LogP contribution in [0.3, 0.4) is 0 Å². The first kappa shape index (κ1) is 15.9. The Balaban J connectivity index is 2.06. The average molecular weight is 326 g/mol. The molecule has 3 heterocycles. The summed E-state index contributed by atoms with van der Waals surface area (Å²) >= 11 is 0. The highest BCUT2D eigenvalue weighted by Gasteiger charge is 2.16.